The molecule has 2 aromatic rings. The zero-order chi connectivity index (χ0) is 17.1. The van der Waals surface area contributed by atoms with Crippen LogP contribution in [0.3, 0.4) is 0 Å². The zero-order valence-electron chi connectivity index (χ0n) is 13.7. The van der Waals surface area contributed by atoms with E-state index in [1.165, 1.54) is 10.4 Å². The molecule has 1 aromatic heterocycles. The Bertz CT molecular complexity index is 740. The van der Waals surface area contributed by atoms with Crippen molar-refractivity contribution in [1.29, 1.82) is 0 Å². The van der Waals surface area contributed by atoms with E-state index < -0.39 is 0 Å². The summed E-state index contributed by atoms with van der Waals surface area (Å²) in [6.45, 7) is 3.62. The molecule has 0 saturated carbocycles. The fourth-order valence-electron chi connectivity index (χ4n) is 2.99. The molecule has 1 atom stereocenters. The third kappa shape index (κ3) is 3.61. The summed E-state index contributed by atoms with van der Waals surface area (Å²) in [4.78, 5) is 16.4. The van der Waals surface area contributed by atoms with Gasteiger partial charge in [0.1, 0.15) is 5.02 Å². The number of rotatable bonds is 4. The first-order valence-corrected chi connectivity index (χ1v) is 8.44. The molecule has 1 aliphatic heterocycles. The van der Waals surface area contributed by atoms with Crippen molar-refractivity contribution in [2.45, 2.75) is 12.6 Å². The first kappa shape index (κ1) is 17.0. The molecule has 1 saturated heterocycles. The highest BCUT2D eigenvalue weighted by Crippen LogP contribution is 2.17. The average Bonchev–Trinajstić information content (AvgIpc) is 2.63. The molecule has 24 heavy (non-hydrogen) atoms. The van der Waals surface area contributed by atoms with Gasteiger partial charge in [-0.3, -0.25) is 9.69 Å². The van der Waals surface area contributed by atoms with Crippen molar-refractivity contribution in [2.75, 3.05) is 31.1 Å². The lowest BCUT2D eigenvalue weighted by atomic mass is 10.1. The highest BCUT2D eigenvalue weighted by molar-refractivity contribution is 6.31. The van der Waals surface area contributed by atoms with Crippen molar-refractivity contribution in [3.05, 3.63) is 57.5 Å². The van der Waals surface area contributed by atoms with E-state index in [0.29, 0.717) is 12.0 Å². The van der Waals surface area contributed by atoms with Crippen LogP contribution < -0.4 is 16.2 Å². The van der Waals surface area contributed by atoms with Gasteiger partial charge in [-0.05, 0) is 17.7 Å². The van der Waals surface area contributed by atoms with Crippen LogP contribution in [-0.4, -0.2) is 47.0 Å². The number of hydrogen-bond donors (Lipinski definition) is 1. The number of nitrogens with zero attached hydrogens (tertiary/aromatic N) is 4. The molecule has 1 aromatic carbocycles. The zero-order valence-corrected chi connectivity index (χ0v) is 14.5. The Balaban J connectivity index is 1.61. The maximum atomic E-state index is 11.9. The highest BCUT2D eigenvalue weighted by atomic mass is 35.5. The number of benzene rings is 1. The van der Waals surface area contributed by atoms with Crippen LogP contribution in [0.1, 0.15) is 5.56 Å². The Labute approximate surface area is 146 Å². The van der Waals surface area contributed by atoms with E-state index >= 15 is 0 Å². The number of halogens is 1. The second-order valence-corrected chi connectivity index (χ2v) is 6.42. The van der Waals surface area contributed by atoms with Gasteiger partial charge in [0.2, 0.25) is 0 Å². The van der Waals surface area contributed by atoms with E-state index in [1.807, 2.05) is 6.07 Å². The van der Waals surface area contributed by atoms with Gasteiger partial charge in [-0.25, -0.2) is 4.68 Å². The Kier molecular flexibility index (Phi) is 5.18. The summed E-state index contributed by atoms with van der Waals surface area (Å²) in [6, 6.07) is 10.4. The maximum Gasteiger partial charge on any atom is 0.285 e. The minimum Gasteiger partial charge on any atom is -0.369 e. The van der Waals surface area contributed by atoms with E-state index in [9.17, 15) is 4.79 Å². The van der Waals surface area contributed by atoms with Crippen LogP contribution in [0, 0.1) is 0 Å². The lowest BCUT2D eigenvalue weighted by Gasteiger charge is -2.39. The lowest BCUT2D eigenvalue weighted by molar-refractivity contribution is 0.187. The van der Waals surface area contributed by atoms with Crippen LogP contribution in [0.4, 0.5) is 5.69 Å². The Hall–Kier alpha value is -1.89. The number of para-hydroxylation sites is 1. The van der Waals surface area contributed by atoms with Crippen LogP contribution in [0.25, 0.3) is 0 Å². The number of hydrogen-bond acceptors (Lipinski definition) is 5. The molecule has 1 unspecified atom stereocenters. The molecule has 0 aliphatic carbocycles. The molecule has 0 amide bonds. The second kappa shape index (κ2) is 7.34. The van der Waals surface area contributed by atoms with Crippen LogP contribution >= 0.6 is 11.6 Å². The SMILES string of the molecule is Cn1ncc(CC(N)N2CCN(c3ccccc3)CC2)c(Cl)c1=O. The quantitative estimate of drug-likeness (QED) is 0.896. The summed E-state index contributed by atoms with van der Waals surface area (Å²) >= 11 is 6.13. The molecule has 0 spiro atoms. The van der Waals surface area contributed by atoms with Crippen LogP contribution in [0.15, 0.2) is 41.3 Å². The van der Waals surface area contributed by atoms with Crippen molar-refractivity contribution in [3.8, 4) is 0 Å². The summed E-state index contributed by atoms with van der Waals surface area (Å²) < 4.78 is 1.23. The minimum absolute atomic E-state index is 0.172. The van der Waals surface area contributed by atoms with Gasteiger partial charge < -0.3 is 10.6 Å². The second-order valence-electron chi connectivity index (χ2n) is 6.04. The molecule has 7 heteroatoms. The number of piperazine rings is 1. The van der Waals surface area contributed by atoms with Gasteiger partial charge in [0, 0.05) is 45.3 Å². The van der Waals surface area contributed by atoms with Gasteiger partial charge in [-0.1, -0.05) is 29.8 Å². The molecule has 6 nitrogen and oxygen atoms in total. The molecule has 2 heterocycles. The third-order valence-corrected chi connectivity index (χ3v) is 4.89. The molecule has 128 valence electrons. The van der Waals surface area contributed by atoms with E-state index in [1.54, 1.807) is 13.2 Å². The van der Waals surface area contributed by atoms with Crippen molar-refractivity contribution in [2.24, 2.45) is 12.8 Å². The summed E-state index contributed by atoms with van der Waals surface area (Å²) in [7, 11) is 1.58. The van der Waals surface area contributed by atoms with Crippen molar-refractivity contribution in [1.82, 2.24) is 14.7 Å². The van der Waals surface area contributed by atoms with Gasteiger partial charge in [0.15, 0.2) is 0 Å². The van der Waals surface area contributed by atoms with Gasteiger partial charge in [0.25, 0.3) is 5.56 Å². The normalized spacial score (nSPS) is 17.0. The van der Waals surface area contributed by atoms with Crippen LogP contribution in [-0.2, 0) is 13.5 Å². The van der Waals surface area contributed by atoms with Crippen molar-refractivity contribution in [3.63, 3.8) is 0 Å². The van der Waals surface area contributed by atoms with Gasteiger partial charge in [-0.15, -0.1) is 0 Å². The Morgan fingerprint density at radius 3 is 2.54 bits per heavy atom. The van der Waals surface area contributed by atoms with E-state index in [-0.39, 0.29) is 16.7 Å². The molecule has 1 aliphatic rings. The van der Waals surface area contributed by atoms with Crippen LogP contribution in [0.2, 0.25) is 5.02 Å². The first-order chi connectivity index (χ1) is 11.6. The third-order valence-electron chi connectivity index (χ3n) is 4.48. The topological polar surface area (TPSA) is 67.4 Å². The monoisotopic (exact) mass is 347 g/mol. The fourth-order valence-corrected chi connectivity index (χ4v) is 3.24. The minimum atomic E-state index is -0.282. The first-order valence-electron chi connectivity index (χ1n) is 8.06. The summed E-state index contributed by atoms with van der Waals surface area (Å²) in [5.41, 5.74) is 8.00. The molecule has 2 N–H and O–H groups in total. The number of aryl methyl sites for hydroxylation is 1. The fraction of sp³-hybridized carbons (Fsp3) is 0.412. The highest BCUT2D eigenvalue weighted by Gasteiger charge is 2.23. The molecule has 1 fully saturated rings. The Morgan fingerprint density at radius 2 is 1.88 bits per heavy atom. The summed E-state index contributed by atoms with van der Waals surface area (Å²) in [5.74, 6) is 0. The van der Waals surface area contributed by atoms with Crippen LogP contribution in [0.5, 0.6) is 0 Å². The van der Waals surface area contributed by atoms with Crippen molar-refractivity contribution < 1.29 is 0 Å². The maximum absolute atomic E-state index is 11.9. The van der Waals surface area contributed by atoms with Gasteiger partial charge in [0.05, 0.1) is 12.4 Å². The summed E-state index contributed by atoms with van der Waals surface area (Å²) in [5, 5.41) is 4.24. The largest absolute Gasteiger partial charge is 0.369 e. The number of nitrogens with two attached hydrogens (primary N) is 1. The molecule has 3 rings (SSSR count). The van der Waals surface area contributed by atoms with E-state index in [0.717, 1.165) is 26.2 Å². The van der Waals surface area contributed by atoms with Gasteiger partial charge >= 0.3 is 0 Å². The van der Waals surface area contributed by atoms with Crippen molar-refractivity contribution >= 4 is 17.3 Å². The smallest absolute Gasteiger partial charge is 0.285 e. The standard InChI is InChI=1S/C17H22ClN5O/c1-21-17(24)16(18)13(12-20-21)11-15(19)23-9-7-22(8-10-23)14-5-3-2-4-6-14/h2-6,12,15H,7-11,19H2,1H3. The van der Waals surface area contributed by atoms with E-state index in [4.69, 9.17) is 17.3 Å². The number of anilines is 1. The average molecular weight is 348 g/mol. The predicted molar refractivity (Wildman–Crippen MR) is 96.4 cm³/mol. The number of aromatic nitrogens is 2. The molecule has 0 bridgehead atoms. The molecular formula is C17H22ClN5O. The lowest BCUT2D eigenvalue weighted by Crippen LogP contribution is -2.54. The summed E-state index contributed by atoms with van der Waals surface area (Å²) in [6.07, 6.45) is 1.98. The molecular weight excluding hydrogens is 326 g/mol. The predicted octanol–water partition coefficient (Wildman–Crippen LogP) is 1.08. The van der Waals surface area contributed by atoms with E-state index in [2.05, 4.69) is 39.2 Å². The molecule has 0 radical (unpaired) electrons. The van der Waals surface area contributed by atoms with Gasteiger partial charge in [-0.2, -0.15) is 5.10 Å². The Morgan fingerprint density at radius 1 is 1.21 bits per heavy atom.